The molecule has 0 saturated heterocycles. The summed E-state index contributed by atoms with van der Waals surface area (Å²) in [4.78, 5) is 2.56. The van der Waals surface area contributed by atoms with E-state index >= 15 is 0 Å². The van der Waals surface area contributed by atoms with Crippen molar-refractivity contribution in [1.82, 2.24) is 0 Å². The van der Waals surface area contributed by atoms with Gasteiger partial charge in [0, 0.05) is 24.0 Å². The first-order valence-corrected chi connectivity index (χ1v) is 12.9. The molecule has 2 nitrogen and oxygen atoms in total. The Balaban J connectivity index is 1.37. The molecule has 1 aliphatic heterocycles. The molecule has 0 N–H and O–H groups in total. The highest BCUT2D eigenvalue weighted by atomic mass is 16.5. The average molecular weight is 458 g/mol. The second kappa shape index (κ2) is 7.57. The summed E-state index contributed by atoms with van der Waals surface area (Å²) in [6, 6.07) is 33.8. The van der Waals surface area contributed by atoms with Crippen molar-refractivity contribution in [1.29, 1.82) is 0 Å². The minimum atomic E-state index is -0.306. The second-order valence-corrected chi connectivity index (χ2v) is 10.6. The van der Waals surface area contributed by atoms with Crippen LogP contribution in [-0.2, 0) is 16.8 Å². The first-order chi connectivity index (χ1) is 17.1. The predicted octanol–water partition coefficient (Wildman–Crippen LogP) is 8.25. The van der Waals surface area contributed by atoms with Gasteiger partial charge in [0.15, 0.2) is 0 Å². The van der Waals surface area contributed by atoms with Crippen molar-refractivity contribution in [2.75, 3.05) is 12.0 Å². The molecular weight excluding hydrogens is 426 g/mol. The summed E-state index contributed by atoms with van der Waals surface area (Å²) >= 11 is 0. The molecule has 2 atom stereocenters. The van der Waals surface area contributed by atoms with Gasteiger partial charge >= 0.3 is 0 Å². The van der Waals surface area contributed by atoms with Crippen LogP contribution in [0.2, 0.25) is 0 Å². The quantitative estimate of drug-likeness (QED) is 0.270. The maximum absolute atomic E-state index is 6.55. The van der Waals surface area contributed by atoms with Crippen molar-refractivity contribution < 1.29 is 4.74 Å². The molecule has 4 aromatic rings. The zero-order valence-electron chi connectivity index (χ0n) is 20.6. The minimum Gasteiger partial charge on any atom is -0.371 e. The summed E-state index contributed by atoms with van der Waals surface area (Å²) in [5.41, 5.74) is 11.7. The van der Waals surface area contributed by atoms with Crippen LogP contribution in [0.25, 0.3) is 22.3 Å². The van der Waals surface area contributed by atoms with E-state index in [1.165, 1.54) is 63.2 Å². The third-order valence-corrected chi connectivity index (χ3v) is 8.97. The largest absolute Gasteiger partial charge is 0.371 e. The van der Waals surface area contributed by atoms with Gasteiger partial charge in [0.25, 0.3) is 0 Å². The summed E-state index contributed by atoms with van der Waals surface area (Å²) in [6.07, 6.45) is 5.63. The predicted molar refractivity (Wildman–Crippen MR) is 144 cm³/mol. The number of hydrogen-bond donors (Lipinski definition) is 0. The van der Waals surface area contributed by atoms with Crippen LogP contribution in [0.1, 0.15) is 49.3 Å². The molecule has 0 amide bonds. The smallest absolute Gasteiger partial charge is 0.118 e. The zero-order chi connectivity index (χ0) is 23.6. The number of anilines is 2. The van der Waals surface area contributed by atoms with Crippen LogP contribution in [0, 0.1) is 0 Å². The van der Waals surface area contributed by atoms with E-state index in [0.29, 0.717) is 0 Å². The second-order valence-electron chi connectivity index (χ2n) is 10.6. The fourth-order valence-corrected chi connectivity index (χ4v) is 7.29. The molecule has 2 heteroatoms. The van der Waals surface area contributed by atoms with E-state index in [4.69, 9.17) is 4.74 Å². The first-order valence-electron chi connectivity index (χ1n) is 12.9. The number of rotatable bonds is 3. The molecule has 174 valence electrons. The molecule has 0 spiro atoms. The Morgan fingerprint density at radius 1 is 0.714 bits per heavy atom. The highest BCUT2D eigenvalue weighted by Gasteiger charge is 2.61. The monoisotopic (exact) mass is 457 g/mol. The van der Waals surface area contributed by atoms with Gasteiger partial charge in [-0.3, -0.25) is 0 Å². The molecule has 4 aromatic carbocycles. The lowest BCUT2D eigenvalue weighted by Gasteiger charge is -2.50. The van der Waals surface area contributed by atoms with Gasteiger partial charge < -0.3 is 9.64 Å². The highest BCUT2D eigenvalue weighted by Crippen LogP contribution is 2.61. The number of fused-ring (bicyclic) bond motifs is 6. The van der Waals surface area contributed by atoms with Crippen molar-refractivity contribution in [2.24, 2.45) is 0 Å². The lowest BCUT2D eigenvalue weighted by atomic mass is 9.68. The third kappa shape index (κ3) is 2.81. The van der Waals surface area contributed by atoms with Crippen molar-refractivity contribution >= 4 is 11.4 Å². The van der Waals surface area contributed by atoms with Crippen molar-refractivity contribution in [2.45, 2.75) is 50.2 Å². The average Bonchev–Trinajstić information content (AvgIpc) is 3.38. The molecular formula is C33H31NO. The first kappa shape index (κ1) is 21.0. The Morgan fingerprint density at radius 3 is 2.29 bits per heavy atom. The van der Waals surface area contributed by atoms with Gasteiger partial charge in [0.1, 0.15) is 5.60 Å². The van der Waals surface area contributed by atoms with E-state index in [0.717, 1.165) is 19.3 Å². The molecule has 1 fully saturated rings. The molecule has 0 bridgehead atoms. The molecule has 1 saturated carbocycles. The summed E-state index contributed by atoms with van der Waals surface area (Å²) in [5, 5.41) is 0. The van der Waals surface area contributed by atoms with Crippen LogP contribution in [-0.4, -0.2) is 12.6 Å². The Morgan fingerprint density at radius 2 is 1.43 bits per heavy atom. The van der Waals surface area contributed by atoms with Gasteiger partial charge in [0.05, 0.1) is 5.54 Å². The van der Waals surface area contributed by atoms with Gasteiger partial charge in [-0.25, -0.2) is 0 Å². The standard InChI is InChI=1S/C33H31NO/c1-32-18-8-9-19-33(32,35-2)30-22-24(15-17-31(30)34(32)27-11-4-3-5-12-27)23-14-16-29-26(20-23)21-25-10-6-7-13-28(25)29/h3-7,10-17,20,22H,8-9,18-19,21H2,1-2H3. The molecule has 7 rings (SSSR count). The van der Waals surface area contributed by atoms with Gasteiger partial charge in [-0.2, -0.15) is 0 Å². The number of benzene rings is 4. The lowest BCUT2D eigenvalue weighted by Crippen LogP contribution is -2.57. The summed E-state index contributed by atoms with van der Waals surface area (Å²) < 4.78 is 6.55. The van der Waals surface area contributed by atoms with E-state index in [1.54, 1.807) is 0 Å². The maximum Gasteiger partial charge on any atom is 0.118 e. The molecule has 3 aliphatic rings. The summed E-state index contributed by atoms with van der Waals surface area (Å²) in [7, 11) is 1.92. The van der Waals surface area contributed by atoms with Gasteiger partial charge in [-0.05, 0) is 83.8 Å². The highest BCUT2D eigenvalue weighted by molar-refractivity contribution is 5.83. The van der Waals surface area contributed by atoms with Crippen LogP contribution in [0.4, 0.5) is 11.4 Å². The van der Waals surface area contributed by atoms with Crippen LogP contribution < -0.4 is 4.90 Å². The number of methoxy groups -OCH3 is 1. The van der Waals surface area contributed by atoms with Crippen LogP contribution >= 0.6 is 0 Å². The van der Waals surface area contributed by atoms with E-state index in [-0.39, 0.29) is 11.1 Å². The molecule has 0 aromatic heterocycles. The van der Waals surface area contributed by atoms with Crippen molar-refractivity contribution in [3.05, 3.63) is 108 Å². The van der Waals surface area contributed by atoms with Gasteiger partial charge in [0.2, 0.25) is 0 Å². The number of nitrogens with zero attached hydrogens (tertiary/aromatic N) is 1. The zero-order valence-corrected chi connectivity index (χ0v) is 20.6. The van der Waals surface area contributed by atoms with Gasteiger partial charge in [-0.15, -0.1) is 0 Å². The molecule has 2 unspecified atom stereocenters. The van der Waals surface area contributed by atoms with E-state index < -0.39 is 0 Å². The number of hydrogen-bond acceptors (Lipinski definition) is 2. The topological polar surface area (TPSA) is 12.5 Å². The normalized spacial score (nSPS) is 24.0. The van der Waals surface area contributed by atoms with E-state index in [1.807, 2.05) is 7.11 Å². The van der Waals surface area contributed by atoms with Crippen LogP contribution in [0.15, 0.2) is 91.0 Å². The summed E-state index contributed by atoms with van der Waals surface area (Å²) in [5.74, 6) is 0. The fraction of sp³-hybridized carbons (Fsp3) is 0.273. The Labute approximate surface area is 208 Å². The Hall–Kier alpha value is -3.36. The summed E-state index contributed by atoms with van der Waals surface area (Å²) in [6.45, 7) is 2.41. The number of para-hydroxylation sites is 1. The van der Waals surface area contributed by atoms with Crippen molar-refractivity contribution in [3.8, 4) is 22.3 Å². The number of ether oxygens (including phenoxy) is 1. The van der Waals surface area contributed by atoms with Crippen molar-refractivity contribution in [3.63, 3.8) is 0 Å². The lowest BCUT2D eigenvalue weighted by molar-refractivity contribution is -0.0871. The molecule has 0 radical (unpaired) electrons. The van der Waals surface area contributed by atoms with Crippen LogP contribution in [0.3, 0.4) is 0 Å². The third-order valence-electron chi connectivity index (χ3n) is 8.97. The van der Waals surface area contributed by atoms with E-state index in [2.05, 4.69) is 103 Å². The Bertz CT molecular complexity index is 1440. The van der Waals surface area contributed by atoms with E-state index in [9.17, 15) is 0 Å². The SMILES string of the molecule is COC12CCCCC1(C)N(c1ccccc1)c1ccc(-c3ccc4c(c3)Cc3ccccc3-4)cc12. The minimum absolute atomic E-state index is 0.109. The fourth-order valence-electron chi connectivity index (χ4n) is 7.29. The molecule has 35 heavy (non-hydrogen) atoms. The maximum atomic E-state index is 6.55. The molecule has 2 aliphatic carbocycles. The molecule has 1 heterocycles. The van der Waals surface area contributed by atoms with Crippen LogP contribution in [0.5, 0.6) is 0 Å². The van der Waals surface area contributed by atoms with Gasteiger partial charge in [-0.1, -0.05) is 79.6 Å². The Kier molecular flexibility index (Phi) is 4.53.